The summed E-state index contributed by atoms with van der Waals surface area (Å²) in [5, 5.41) is 9.06. The predicted molar refractivity (Wildman–Crippen MR) is 35.8 cm³/mol. The quantitative estimate of drug-likeness (QED) is 0.480. The van der Waals surface area contributed by atoms with Crippen molar-refractivity contribution in [2.45, 2.75) is 27.7 Å². The lowest BCUT2D eigenvalue weighted by Gasteiger charge is -2.16. The van der Waals surface area contributed by atoms with Gasteiger partial charge < -0.3 is 5.11 Å². The fourth-order valence-electron chi connectivity index (χ4n) is 0.433. The first kappa shape index (κ1) is 7.54. The molecule has 48 valence electrons. The summed E-state index contributed by atoms with van der Waals surface area (Å²) in [6.45, 7) is 7.76. The van der Waals surface area contributed by atoms with E-state index in [4.69, 9.17) is 5.11 Å². The van der Waals surface area contributed by atoms with Gasteiger partial charge in [-0.3, -0.25) is 0 Å². The van der Waals surface area contributed by atoms with Gasteiger partial charge in [-0.15, -0.1) is 0 Å². The van der Waals surface area contributed by atoms with E-state index in [0.717, 1.165) is 0 Å². The van der Waals surface area contributed by atoms with Crippen molar-refractivity contribution in [2.24, 2.45) is 5.41 Å². The van der Waals surface area contributed by atoms with Crippen LogP contribution in [0.1, 0.15) is 27.7 Å². The average molecular weight is 114 g/mol. The largest absolute Gasteiger partial charge is 0.512 e. The Labute approximate surface area is 51.0 Å². The van der Waals surface area contributed by atoms with Crippen LogP contribution in [-0.4, -0.2) is 5.11 Å². The number of allylic oxidation sites excluding steroid dienone is 2. The second-order valence-electron chi connectivity index (χ2n) is 2.92. The Morgan fingerprint density at radius 1 is 1.38 bits per heavy atom. The maximum Gasteiger partial charge on any atom is 0.0933 e. The van der Waals surface area contributed by atoms with Crippen molar-refractivity contribution in [1.82, 2.24) is 0 Å². The van der Waals surface area contributed by atoms with E-state index in [1.807, 2.05) is 27.7 Å². The second kappa shape index (κ2) is 2.21. The van der Waals surface area contributed by atoms with Gasteiger partial charge in [0.15, 0.2) is 0 Å². The molecule has 0 aromatic carbocycles. The van der Waals surface area contributed by atoms with Gasteiger partial charge in [-0.2, -0.15) is 0 Å². The van der Waals surface area contributed by atoms with Crippen molar-refractivity contribution in [1.29, 1.82) is 0 Å². The molecule has 0 fully saturated rings. The summed E-state index contributed by atoms with van der Waals surface area (Å²) in [5.74, 6) is 0.456. The van der Waals surface area contributed by atoms with E-state index in [0.29, 0.717) is 5.76 Å². The van der Waals surface area contributed by atoms with Gasteiger partial charge >= 0.3 is 0 Å². The molecular weight excluding hydrogens is 100 g/mol. The average Bonchev–Trinajstić information content (AvgIpc) is 1.62. The Morgan fingerprint density at radius 2 is 1.75 bits per heavy atom. The fraction of sp³-hybridized carbons (Fsp3) is 0.714. The molecular formula is C7H14O. The van der Waals surface area contributed by atoms with E-state index in [2.05, 4.69) is 0 Å². The Balaban J connectivity index is 4.03. The fourth-order valence-corrected chi connectivity index (χ4v) is 0.433. The first-order valence-corrected chi connectivity index (χ1v) is 2.84. The van der Waals surface area contributed by atoms with Gasteiger partial charge in [0.25, 0.3) is 0 Å². The minimum absolute atomic E-state index is 0.0747. The molecule has 0 aromatic rings. The Hall–Kier alpha value is -0.460. The van der Waals surface area contributed by atoms with E-state index < -0.39 is 0 Å². The SMILES string of the molecule is C/C=C(\O)C(C)(C)C. The normalized spacial score (nSPS) is 14.2. The summed E-state index contributed by atoms with van der Waals surface area (Å²) < 4.78 is 0. The van der Waals surface area contributed by atoms with Crippen LogP contribution in [0.15, 0.2) is 11.8 Å². The molecule has 1 heteroatoms. The van der Waals surface area contributed by atoms with Crippen LogP contribution in [0.3, 0.4) is 0 Å². The first-order valence-electron chi connectivity index (χ1n) is 2.84. The summed E-state index contributed by atoms with van der Waals surface area (Å²) in [6, 6.07) is 0. The number of aliphatic hydroxyl groups is 1. The molecule has 1 nitrogen and oxygen atoms in total. The van der Waals surface area contributed by atoms with Crippen LogP contribution < -0.4 is 0 Å². The van der Waals surface area contributed by atoms with Gasteiger partial charge in [0, 0.05) is 5.41 Å². The molecule has 0 aliphatic carbocycles. The highest BCUT2D eigenvalue weighted by molar-refractivity contribution is 4.98. The molecule has 0 spiro atoms. The minimum Gasteiger partial charge on any atom is -0.512 e. The van der Waals surface area contributed by atoms with Crippen LogP contribution in [0.2, 0.25) is 0 Å². The van der Waals surface area contributed by atoms with Crippen molar-refractivity contribution in [3.05, 3.63) is 11.8 Å². The minimum atomic E-state index is -0.0747. The van der Waals surface area contributed by atoms with Gasteiger partial charge in [0.2, 0.25) is 0 Å². The lowest BCUT2D eigenvalue weighted by Crippen LogP contribution is -2.07. The van der Waals surface area contributed by atoms with Crippen LogP contribution in [-0.2, 0) is 0 Å². The zero-order chi connectivity index (χ0) is 6.78. The lowest BCUT2D eigenvalue weighted by atomic mass is 9.94. The molecule has 0 radical (unpaired) electrons. The molecule has 0 saturated heterocycles. The second-order valence-corrected chi connectivity index (χ2v) is 2.92. The molecule has 0 unspecified atom stereocenters. The molecule has 0 aliphatic rings. The van der Waals surface area contributed by atoms with E-state index in [9.17, 15) is 0 Å². The Bertz CT molecular complexity index is 95.4. The van der Waals surface area contributed by atoms with Crippen molar-refractivity contribution in [3.63, 3.8) is 0 Å². The molecule has 1 N–H and O–H groups in total. The maximum absolute atomic E-state index is 9.06. The van der Waals surface area contributed by atoms with E-state index in [1.165, 1.54) is 0 Å². The third-order valence-corrected chi connectivity index (χ3v) is 1.04. The lowest BCUT2D eigenvalue weighted by molar-refractivity contribution is 0.276. The monoisotopic (exact) mass is 114 g/mol. The summed E-state index contributed by atoms with van der Waals surface area (Å²) in [7, 11) is 0. The number of hydrogen-bond acceptors (Lipinski definition) is 1. The van der Waals surface area contributed by atoms with Gasteiger partial charge in [0.1, 0.15) is 0 Å². The number of aliphatic hydroxyl groups excluding tert-OH is 1. The maximum atomic E-state index is 9.06. The van der Waals surface area contributed by atoms with Crippen LogP contribution in [0.4, 0.5) is 0 Å². The van der Waals surface area contributed by atoms with Crippen molar-refractivity contribution in [3.8, 4) is 0 Å². The Morgan fingerprint density at radius 3 is 1.75 bits per heavy atom. The highest BCUT2D eigenvalue weighted by atomic mass is 16.3. The first-order chi connectivity index (χ1) is 3.48. The third kappa shape index (κ3) is 2.01. The zero-order valence-corrected chi connectivity index (χ0v) is 6.02. The van der Waals surface area contributed by atoms with Gasteiger partial charge in [-0.25, -0.2) is 0 Å². The summed E-state index contributed by atoms with van der Waals surface area (Å²) >= 11 is 0. The molecule has 0 aliphatic heterocycles. The number of hydrogen-bond donors (Lipinski definition) is 1. The van der Waals surface area contributed by atoms with Crippen LogP contribution >= 0.6 is 0 Å². The highest BCUT2D eigenvalue weighted by Gasteiger charge is 2.13. The highest BCUT2D eigenvalue weighted by Crippen LogP contribution is 2.21. The zero-order valence-electron chi connectivity index (χ0n) is 6.02. The molecule has 0 saturated carbocycles. The van der Waals surface area contributed by atoms with Crippen molar-refractivity contribution in [2.75, 3.05) is 0 Å². The standard InChI is InChI=1S/C7H14O/c1-5-6(8)7(2,3)4/h5,8H,1-4H3/b6-5-. The smallest absolute Gasteiger partial charge is 0.0933 e. The summed E-state index contributed by atoms with van der Waals surface area (Å²) in [5.41, 5.74) is -0.0747. The van der Waals surface area contributed by atoms with E-state index >= 15 is 0 Å². The van der Waals surface area contributed by atoms with Gasteiger partial charge in [-0.1, -0.05) is 20.8 Å². The molecule has 0 heterocycles. The Kier molecular flexibility index (Phi) is 2.08. The molecule has 8 heavy (non-hydrogen) atoms. The molecule has 0 amide bonds. The van der Waals surface area contributed by atoms with Gasteiger partial charge in [-0.05, 0) is 13.0 Å². The molecule has 0 aromatic heterocycles. The third-order valence-electron chi connectivity index (χ3n) is 1.04. The summed E-state index contributed by atoms with van der Waals surface area (Å²) in [6.07, 6.45) is 1.72. The van der Waals surface area contributed by atoms with Crippen molar-refractivity contribution < 1.29 is 5.11 Å². The topological polar surface area (TPSA) is 20.2 Å². The van der Waals surface area contributed by atoms with E-state index in [-0.39, 0.29) is 5.41 Å². The van der Waals surface area contributed by atoms with Crippen LogP contribution in [0, 0.1) is 5.41 Å². The molecule has 0 bridgehead atoms. The van der Waals surface area contributed by atoms with E-state index in [1.54, 1.807) is 6.08 Å². The van der Waals surface area contributed by atoms with Gasteiger partial charge in [0.05, 0.1) is 5.76 Å². The molecule has 0 atom stereocenters. The number of rotatable bonds is 0. The molecule has 0 rings (SSSR count). The summed E-state index contributed by atoms with van der Waals surface area (Å²) in [4.78, 5) is 0. The van der Waals surface area contributed by atoms with Crippen LogP contribution in [0.5, 0.6) is 0 Å². The van der Waals surface area contributed by atoms with Crippen LogP contribution in [0.25, 0.3) is 0 Å². The predicted octanol–water partition coefficient (Wildman–Crippen LogP) is 2.49. The van der Waals surface area contributed by atoms with Crippen molar-refractivity contribution >= 4 is 0 Å².